The minimum Gasteiger partial charge on any atom is -0.378 e. The molecule has 2 unspecified atom stereocenters. The molecule has 1 aromatic carbocycles. The van der Waals surface area contributed by atoms with Crippen molar-refractivity contribution >= 4 is 29.9 Å². The number of nitrogens with one attached hydrogen (secondary N) is 2. The number of rotatable bonds is 3. The summed E-state index contributed by atoms with van der Waals surface area (Å²) in [6, 6.07) is 8.71. The number of carbonyl (C=O) groups is 2. The Morgan fingerprint density at radius 2 is 2.09 bits per heavy atom. The van der Waals surface area contributed by atoms with E-state index in [0.29, 0.717) is 32.7 Å². The van der Waals surface area contributed by atoms with Gasteiger partial charge in [0.1, 0.15) is 12.1 Å². The van der Waals surface area contributed by atoms with Gasteiger partial charge in [-0.25, -0.2) is 0 Å². The van der Waals surface area contributed by atoms with Gasteiger partial charge in [0.05, 0.1) is 13.2 Å². The maximum Gasteiger partial charge on any atom is 0.249 e. The van der Waals surface area contributed by atoms with Crippen LogP contribution in [0.15, 0.2) is 30.3 Å². The van der Waals surface area contributed by atoms with Crippen LogP contribution in [0.1, 0.15) is 6.42 Å². The molecule has 2 N–H and O–H groups in total. The number of hydrogen-bond donors (Lipinski definition) is 2. The predicted octanol–water partition coefficient (Wildman–Crippen LogP) is 0.318. The molecule has 0 aromatic heterocycles. The number of anilines is 1. The lowest BCUT2D eigenvalue weighted by molar-refractivity contribution is -0.129. The van der Waals surface area contributed by atoms with Gasteiger partial charge in [0, 0.05) is 18.8 Å². The summed E-state index contributed by atoms with van der Waals surface area (Å²) < 4.78 is 5.27. The maximum absolute atomic E-state index is 12.4. The van der Waals surface area contributed by atoms with Crippen LogP contribution in [-0.2, 0) is 14.3 Å². The molecule has 0 radical (unpaired) electrons. The summed E-state index contributed by atoms with van der Waals surface area (Å²) in [5.74, 6) is -0.214. The van der Waals surface area contributed by atoms with Crippen molar-refractivity contribution in [3.63, 3.8) is 0 Å². The monoisotopic (exact) mass is 325 g/mol. The van der Waals surface area contributed by atoms with Crippen molar-refractivity contribution in [2.24, 2.45) is 0 Å². The first-order valence-corrected chi connectivity index (χ1v) is 7.23. The maximum atomic E-state index is 12.4. The van der Waals surface area contributed by atoms with Gasteiger partial charge in [0.2, 0.25) is 11.8 Å². The van der Waals surface area contributed by atoms with Crippen molar-refractivity contribution in [3.05, 3.63) is 30.3 Å². The van der Waals surface area contributed by atoms with E-state index in [2.05, 4.69) is 10.6 Å². The van der Waals surface area contributed by atoms with Crippen LogP contribution in [0, 0.1) is 0 Å². The topological polar surface area (TPSA) is 70.7 Å². The van der Waals surface area contributed by atoms with Crippen LogP contribution in [0.5, 0.6) is 0 Å². The fourth-order valence-corrected chi connectivity index (χ4v) is 2.68. The van der Waals surface area contributed by atoms with Crippen molar-refractivity contribution in [1.29, 1.82) is 0 Å². The van der Waals surface area contributed by atoms with Gasteiger partial charge in [-0.05, 0) is 18.6 Å². The molecule has 2 amide bonds. The number of amides is 2. The van der Waals surface area contributed by atoms with Crippen LogP contribution in [0.25, 0.3) is 0 Å². The molecule has 2 aliphatic rings. The van der Waals surface area contributed by atoms with E-state index >= 15 is 0 Å². The molecule has 0 spiro atoms. The van der Waals surface area contributed by atoms with E-state index in [1.807, 2.05) is 30.3 Å². The van der Waals surface area contributed by atoms with Gasteiger partial charge in [-0.1, -0.05) is 18.2 Å². The van der Waals surface area contributed by atoms with Gasteiger partial charge in [-0.3, -0.25) is 9.59 Å². The average molecular weight is 326 g/mol. The Morgan fingerprint density at radius 3 is 2.77 bits per heavy atom. The molecule has 120 valence electrons. The minimum absolute atomic E-state index is 0. The van der Waals surface area contributed by atoms with E-state index < -0.39 is 6.04 Å². The second kappa shape index (κ2) is 7.58. The molecule has 7 heteroatoms. The molecule has 6 nitrogen and oxygen atoms in total. The van der Waals surface area contributed by atoms with Crippen molar-refractivity contribution in [2.45, 2.75) is 18.5 Å². The summed E-state index contributed by atoms with van der Waals surface area (Å²) >= 11 is 0. The van der Waals surface area contributed by atoms with Gasteiger partial charge >= 0.3 is 0 Å². The fraction of sp³-hybridized carbons (Fsp3) is 0.467. The summed E-state index contributed by atoms with van der Waals surface area (Å²) in [4.78, 5) is 26.2. The standard InChI is InChI=1S/C15H19N3O3.ClH/c19-14(13-10-21-9-7-16-13)17-12-6-8-18(15(12)20)11-4-2-1-3-5-11;/h1-5,12-13,16H,6-10H2,(H,17,19);1H. The number of para-hydroxylation sites is 1. The summed E-state index contributed by atoms with van der Waals surface area (Å²) in [7, 11) is 0. The van der Waals surface area contributed by atoms with Crippen molar-refractivity contribution in [2.75, 3.05) is 31.2 Å². The Morgan fingerprint density at radius 1 is 1.32 bits per heavy atom. The second-order valence-corrected chi connectivity index (χ2v) is 5.26. The van der Waals surface area contributed by atoms with E-state index in [1.54, 1.807) is 4.90 Å². The highest BCUT2D eigenvalue weighted by Crippen LogP contribution is 2.21. The van der Waals surface area contributed by atoms with Gasteiger partial charge in [-0.2, -0.15) is 0 Å². The van der Waals surface area contributed by atoms with Crippen LogP contribution >= 0.6 is 12.4 Å². The molecule has 22 heavy (non-hydrogen) atoms. The zero-order chi connectivity index (χ0) is 14.7. The Labute approximate surface area is 135 Å². The lowest BCUT2D eigenvalue weighted by atomic mass is 10.2. The normalized spacial score (nSPS) is 24.7. The SMILES string of the molecule is Cl.O=C(NC1CCN(c2ccccc2)C1=O)C1COCCN1. The van der Waals surface area contributed by atoms with Crippen LogP contribution < -0.4 is 15.5 Å². The molecule has 0 bridgehead atoms. The van der Waals surface area contributed by atoms with Crippen LogP contribution in [0.4, 0.5) is 5.69 Å². The van der Waals surface area contributed by atoms with Gasteiger partial charge in [0.25, 0.3) is 0 Å². The first-order valence-electron chi connectivity index (χ1n) is 7.23. The number of benzene rings is 1. The Kier molecular flexibility index (Phi) is 5.76. The lowest BCUT2D eigenvalue weighted by Gasteiger charge is -2.24. The zero-order valence-electron chi connectivity index (χ0n) is 12.2. The smallest absolute Gasteiger partial charge is 0.249 e. The summed E-state index contributed by atoms with van der Waals surface area (Å²) in [6.07, 6.45) is 0.632. The Bertz CT molecular complexity index is 520. The van der Waals surface area contributed by atoms with E-state index in [9.17, 15) is 9.59 Å². The number of nitrogens with zero attached hydrogens (tertiary/aromatic N) is 1. The molecule has 2 aliphatic heterocycles. The van der Waals surface area contributed by atoms with Crippen LogP contribution in [0.2, 0.25) is 0 Å². The van der Waals surface area contributed by atoms with E-state index in [4.69, 9.17) is 4.74 Å². The highest BCUT2D eigenvalue weighted by atomic mass is 35.5. The second-order valence-electron chi connectivity index (χ2n) is 5.26. The number of hydrogen-bond acceptors (Lipinski definition) is 4. The molecule has 2 heterocycles. The summed E-state index contributed by atoms with van der Waals surface area (Å²) in [5, 5.41) is 5.91. The number of ether oxygens (including phenoxy) is 1. The lowest BCUT2D eigenvalue weighted by Crippen LogP contribution is -2.54. The number of morpholine rings is 1. The van der Waals surface area contributed by atoms with Gasteiger partial charge in [-0.15, -0.1) is 12.4 Å². The molecule has 1 aromatic rings. The third-order valence-electron chi connectivity index (χ3n) is 3.83. The fourth-order valence-electron chi connectivity index (χ4n) is 2.68. The molecule has 2 saturated heterocycles. The summed E-state index contributed by atoms with van der Waals surface area (Å²) in [5.41, 5.74) is 0.873. The summed E-state index contributed by atoms with van der Waals surface area (Å²) in [6.45, 7) is 2.26. The minimum atomic E-state index is -0.443. The molecule has 3 rings (SSSR count). The quantitative estimate of drug-likeness (QED) is 0.839. The van der Waals surface area contributed by atoms with Crippen LogP contribution in [-0.4, -0.2) is 50.2 Å². The molecule has 2 fully saturated rings. The first kappa shape index (κ1) is 16.7. The third-order valence-corrected chi connectivity index (χ3v) is 3.83. The Hall–Kier alpha value is -1.63. The van der Waals surface area contributed by atoms with Crippen molar-refractivity contribution < 1.29 is 14.3 Å². The van der Waals surface area contributed by atoms with E-state index in [-0.39, 0.29) is 30.3 Å². The van der Waals surface area contributed by atoms with Gasteiger partial charge < -0.3 is 20.3 Å². The molecular weight excluding hydrogens is 306 g/mol. The number of halogens is 1. The van der Waals surface area contributed by atoms with E-state index in [0.717, 1.165) is 5.69 Å². The Balaban J connectivity index is 0.00000176. The molecular formula is C15H20ClN3O3. The largest absolute Gasteiger partial charge is 0.378 e. The molecule has 2 atom stereocenters. The average Bonchev–Trinajstić information content (AvgIpc) is 2.90. The predicted molar refractivity (Wildman–Crippen MR) is 85.2 cm³/mol. The highest BCUT2D eigenvalue weighted by Gasteiger charge is 2.35. The molecule has 0 saturated carbocycles. The van der Waals surface area contributed by atoms with Crippen molar-refractivity contribution in [1.82, 2.24) is 10.6 Å². The number of carbonyl (C=O) groups excluding carboxylic acids is 2. The first-order chi connectivity index (χ1) is 10.3. The van der Waals surface area contributed by atoms with Crippen molar-refractivity contribution in [3.8, 4) is 0 Å². The van der Waals surface area contributed by atoms with E-state index in [1.165, 1.54) is 0 Å². The zero-order valence-corrected chi connectivity index (χ0v) is 13.0. The third kappa shape index (κ3) is 3.58. The van der Waals surface area contributed by atoms with Crippen LogP contribution in [0.3, 0.4) is 0 Å². The molecule has 0 aliphatic carbocycles. The highest BCUT2D eigenvalue weighted by molar-refractivity contribution is 6.01. The van der Waals surface area contributed by atoms with Gasteiger partial charge in [0.15, 0.2) is 0 Å².